The fraction of sp³-hybridized carbons (Fsp3) is 0.222. The molecule has 2 rings (SSSR count). The molecule has 0 fully saturated rings. The number of ether oxygens (including phenoxy) is 2. The number of hydrogen-bond acceptors (Lipinski definition) is 4. The summed E-state index contributed by atoms with van der Waals surface area (Å²) < 4.78 is 10.8. The molecule has 2 aromatic rings. The second kappa shape index (κ2) is 7.84. The van der Waals surface area contributed by atoms with Crippen LogP contribution in [-0.2, 0) is 22.6 Å². The first-order chi connectivity index (χ1) is 10.7. The number of benzene rings is 2. The van der Waals surface area contributed by atoms with Gasteiger partial charge < -0.3 is 9.47 Å². The predicted octanol–water partition coefficient (Wildman–Crippen LogP) is 3.24. The first-order valence-corrected chi connectivity index (χ1v) is 7.09. The topological polar surface area (TPSA) is 59.3 Å². The van der Waals surface area contributed by atoms with Crippen molar-refractivity contribution in [2.24, 2.45) is 0 Å². The van der Waals surface area contributed by atoms with Crippen LogP contribution >= 0.6 is 0 Å². The lowest BCUT2D eigenvalue weighted by atomic mass is 10.1. The van der Waals surface area contributed by atoms with Crippen LogP contribution in [0.15, 0.2) is 48.5 Å². The zero-order valence-electron chi connectivity index (χ0n) is 12.4. The van der Waals surface area contributed by atoms with E-state index in [1.54, 1.807) is 25.1 Å². The molecule has 0 N–H and O–H groups in total. The Labute approximate surface area is 129 Å². The average Bonchev–Trinajstić information content (AvgIpc) is 2.54. The first-order valence-electron chi connectivity index (χ1n) is 7.09. The zero-order valence-corrected chi connectivity index (χ0v) is 12.4. The van der Waals surface area contributed by atoms with Crippen LogP contribution in [0.2, 0.25) is 0 Å². The summed E-state index contributed by atoms with van der Waals surface area (Å²) >= 11 is 0. The average molecular weight is 295 g/mol. The van der Waals surface area contributed by atoms with E-state index in [2.05, 4.69) is 6.07 Å². The van der Waals surface area contributed by atoms with Gasteiger partial charge in [0, 0.05) is 5.56 Å². The number of rotatable bonds is 6. The molecule has 0 bridgehead atoms. The summed E-state index contributed by atoms with van der Waals surface area (Å²) in [5.41, 5.74) is 2.07. The van der Waals surface area contributed by atoms with Gasteiger partial charge in [0.2, 0.25) is 0 Å². The Balaban J connectivity index is 2.20. The van der Waals surface area contributed by atoms with Gasteiger partial charge >= 0.3 is 5.97 Å². The van der Waals surface area contributed by atoms with E-state index in [4.69, 9.17) is 9.47 Å². The molecule has 112 valence electrons. The van der Waals surface area contributed by atoms with E-state index in [0.29, 0.717) is 30.1 Å². The molecule has 22 heavy (non-hydrogen) atoms. The van der Waals surface area contributed by atoms with Gasteiger partial charge in [-0.25, -0.2) is 0 Å². The van der Waals surface area contributed by atoms with Gasteiger partial charge in [-0.15, -0.1) is 0 Å². The van der Waals surface area contributed by atoms with E-state index in [1.165, 1.54) is 0 Å². The number of carbonyl (C=O) groups is 1. The maximum absolute atomic E-state index is 11.7. The largest absolute Gasteiger partial charge is 0.487 e. The van der Waals surface area contributed by atoms with Crippen LogP contribution in [0, 0.1) is 11.3 Å². The third-order valence-corrected chi connectivity index (χ3v) is 3.08. The molecule has 0 aromatic heterocycles. The molecule has 4 heteroatoms. The van der Waals surface area contributed by atoms with Crippen molar-refractivity contribution in [2.75, 3.05) is 6.61 Å². The number of esters is 1. The molecule has 0 saturated carbocycles. The normalized spacial score (nSPS) is 9.82. The minimum absolute atomic E-state index is 0.0908. The predicted molar refractivity (Wildman–Crippen MR) is 82.3 cm³/mol. The van der Waals surface area contributed by atoms with Crippen LogP contribution in [0.5, 0.6) is 5.75 Å². The van der Waals surface area contributed by atoms with Crippen LogP contribution in [0.1, 0.15) is 23.6 Å². The van der Waals surface area contributed by atoms with Crippen molar-refractivity contribution in [2.45, 2.75) is 20.0 Å². The van der Waals surface area contributed by atoms with Crippen molar-refractivity contribution >= 4 is 5.97 Å². The number of nitriles is 1. The van der Waals surface area contributed by atoms with Crippen LogP contribution in [0.3, 0.4) is 0 Å². The summed E-state index contributed by atoms with van der Waals surface area (Å²) in [5, 5.41) is 9.23. The van der Waals surface area contributed by atoms with Gasteiger partial charge in [-0.2, -0.15) is 5.26 Å². The SMILES string of the molecule is CCOC(=O)Cc1cccc(C#N)c1OCc1ccccc1. The fourth-order valence-electron chi connectivity index (χ4n) is 2.08. The van der Waals surface area contributed by atoms with Gasteiger partial charge in [-0.05, 0) is 18.6 Å². The molecule has 0 unspecified atom stereocenters. The van der Waals surface area contributed by atoms with Crippen molar-refractivity contribution in [3.05, 3.63) is 65.2 Å². The molecule has 0 aliphatic rings. The molecule has 2 aromatic carbocycles. The Kier molecular flexibility index (Phi) is 5.56. The highest BCUT2D eigenvalue weighted by molar-refractivity contribution is 5.74. The summed E-state index contributed by atoms with van der Waals surface area (Å²) in [5.74, 6) is 0.115. The molecule has 0 atom stereocenters. The third kappa shape index (κ3) is 4.10. The monoisotopic (exact) mass is 295 g/mol. The van der Waals surface area contributed by atoms with Gasteiger partial charge in [0.25, 0.3) is 0 Å². The van der Waals surface area contributed by atoms with Crippen LogP contribution in [-0.4, -0.2) is 12.6 Å². The summed E-state index contributed by atoms with van der Waals surface area (Å²) in [4.78, 5) is 11.7. The minimum Gasteiger partial charge on any atom is -0.487 e. The number of nitrogens with zero attached hydrogens (tertiary/aromatic N) is 1. The molecule has 0 radical (unpaired) electrons. The lowest BCUT2D eigenvalue weighted by molar-refractivity contribution is -0.142. The van der Waals surface area contributed by atoms with E-state index in [-0.39, 0.29) is 12.4 Å². The lowest BCUT2D eigenvalue weighted by Gasteiger charge is -2.13. The number of hydrogen-bond donors (Lipinski definition) is 0. The number of carbonyl (C=O) groups excluding carboxylic acids is 1. The minimum atomic E-state index is -0.331. The van der Waals surface area contributed by atoms with Gasteiger partial charge in [0.05, 0.1) is 18.6 Å². The van der Waals surface area contributed by atoms with Crippen molar-refractivity contribution in [3.8, 4) is 11.8 Å². The highest BCUT2D eigenvalue weighted by Gasteiger charge is 2.14. The van der Waals surface area contributed by atoms with E-state index >= 15 is 0 Å². The van der Waals surface area contributed by atoms with Crippen molar-refractivity contribution in [3.63, 3.8) is 0 Å². The Morgan fingerprint density at radius 3 is 2.59 bits per heavy atom. The summed E-state index contributed by atoms with van der Waals surface area (Å²) in [6.07, 6.45) is 0.0908. The molecule has 0 heterocycles. The van der Waals surface area contributed by atoms with E-state index in [9.17, 15) is 10.1 Å². The maximum atomic E-state index is 11.7. The Morgan fingerprint density at radius 1 is 1.14 bits per heavy atom. The zero-order chi connectivity index (χ0) is 15.8. The fourth-order valence-corrected chi connectivity index (χ4v) is 2.08. The van der Waals surface area contributed by atoms with Gasteiger partial charge in [0.1, 0.15) is 18.4 Å². The second-order valence-electron chi connectivity index (χ2n) is 4.66. The van der Waals surface area contributed by atoms with Gasteiger partial charge in [-0.1, -0.05) is 42.5 Å². The van der Waals surface area contributed by atoms with Crippen molar-refractivity contribution < 1.29 is 14.3 Å². The quantitative estimate of drug-likeness (QED) is 0.768. The molecule has 4 nitrogen and oxygen atoms in total. The highest BCUT2D eigenvalue weighted by atomic mass is 16.5. The van der Waals surface area contributed by atoms with E-state index < -0.39 is 0 Å². The Hall–Kier alpha value is -2.80. The summed E-state index contributed by atoms with van der Waals surface area (Å²) in [6.45, 7) is 2.43. The Bertz CT molecular complexity index is 674. The van der Waals surface area contributed by atoms with Crippen LogP contribution in [0.4, 0.5) is 0 Å². The third-order valence-electron chi connectivity index (χ3n) is 3.08. The summed E-state index contributed by atoms with van der Waals surface area (Å²) in [7, 11) is 0. The Morgan fingerprint density at radius 2 is 1.91 bits per heavy atom. The molecule has 0 saturated heterocycles. The summed E-state index contributed by atoms with van der Waals surface area (Å²) in [6, 6.07) is 17.0. The smallest absolute Gasteiger partial charge is 0.310 e. The molecular formula is C18H17NO3. The van der Waals surface area contributed by atoms with Crippen LogP contribution in [0.25, 0.3) is 0 Å². The molecule has 0 aliphatic heterocycles. The van der Waals surface area contributed by atoms with Crippen molar-refractivity contribution in [1.29, 1.82) is 5.26 Å². The second-order valence-corrected chi connectivity index (χ2v) is 4.66. The molecule has 0 amide bonds. The van der Waals surface area contributed by atoms with Crippen molar-refractivity contribution in [1.82, 2.24) is 0 Å². The first kappa shape index (κ1) is 15.6. The molecular weight excluding hydrogens is 278 g/mol. The lowest BCUT2D eigenvalue weighted by Crippen LogP contribution is -2.09. The number of para-hydroxylation sites is 1. The van der Waals surface area contributed by atoms with E-state index in [0.717, 1.165) is 5.56 Å². The van der Waals surface area contributed by atoms with Gasteiger partial charge in [0.15, 0.2) is 0 Å². The van der Waals surface area contributed by atoms with Gasteiger partial charge in [-0.3, -0.25) is 4.79 Å². The standard InChI is InChI=1S/C18H17NO3/c1-2-21-17(20)11-15-9-6-10-16(12-19)18(15)22-13-14-7-4-3-5-8-14/h3-10H,2,11,13H2,1H3. The highest BCUT2D eigenvalue weighted by Crippen LogP contribution is 2.25. The molecule has 0 aliphatic carbocycles. The van der Waals surface area contributed by atoms with E-state index in [1.807, 2.05) is 30.3 Å². The van der Waals surface area contributed by atoms with Crippen LogP contribution < -0.4 is 4.74 Å². The maximum Gasteiger partial charge on any atom is 0.310 e. The molecule has 0 spiro atoms.